The van der Waals surface area contributed by atoms with Crippen LogP contribution >= 0.6 is 0 Å². The van der Waals surface area contributed by atoms with Gasteiger partial charge in [-0.25, -0.2) is 0 Å². The lowest BCUT2D eigenvalue weighted by atomic mass is 10.1. The molecule has 0 aliphatic rings. The topological polar surface area (TPSA) is 66.0 Å². The minimum atomic E-state index is -4.49. The highest BCUT2D eigenvalue weighted by atomic mass is 19.4. The Balaban J connectivity index is 1.78. The van der Waals surface area contributed by atoms with Crippen molar-refractivity contribution in [3.63, 3.8) is 0 Å². The van der Waals surface area contributed by atoms with E-state index in [0.29, 0.717) is 17.9 Å². The Morgan fingerprint density at radius 3 is 2.75 bits per heavy atom. The van der Waals surface area contributed by atoms with Crippen molar-refractivity contribution in [2.24, 2.45) is 0 Å². The first-order valence-corrected chi connectivity index (χ1v) is 7.13. The van der Waals surface area contributed by atoms with Crippen LogP contribution in [0.15, 0.2) is 42.6 Å². The van der Waals surface area contributed by atoms with Gasteiger partial charge in [0.25, 0.3) is 0 Å². The van der Waals surface area contributed by atoms with Crippen LogP contribution in [0.2, 0.25) is 0 Å². The summed E-state index contributed by atoms with van der Waals surface area (Å²) in [5.41, 5.74) is -0.0728. The summed E-state index contributed by atoms with van der Waals surface area (Å²) in [6, 6.07) is 10.5. The van der Waals surface area contributed by atoms with Crippen molar-refractivity contribution in [2.75, 3.05) is 11.9 Å². The van der Waals surface area contributed by atoms with E-state index >= 15 is 0 Å². The molecule has 2 heterocycles. The van der Waals surface area contributed by atoms with Crippen molar-refractivity contribution >= 4 is 11.3 Å². The zero-order valence-corrected chi connectivity index (χ0v) is 12.4. The molecule has 0 unspecified atom stereocenters. The van der Waals surface area contributed by atoms with Crippen molar-refractivity contribution in [1.82, 2.24) is 14.6 Å². The highest BCUT2D eigenvalue weighted by molar-refractivity contribution is 5.57. The quantitative estimate of drug-likeness (QED) is 0.797. The molecule has 1 aromatic carbocycles. The first kappa shape index (κ1) is 15.8. The number of aromatic nitrogens is 3. The number of nitrogens with zero attached hydrogens (tertiary/aromatic N) is 4. The standard InChI is InChI=1S/C16H12F3N5/c17-16(18,19)12-5-4-11(10-20)9-13(12)21-7-6-15-23-22-14-3-1-2-8-24(14)15/h1-5,8-9,21H,6-7H2. The number of anilines is 1. The molecule has 0 radical (unpaired) electrons. The maximum Gasteiger partial charge on any atom is 0.418 e. The molecule has 0 saturated carbocycles. The van der Waals surface area contributed by atoms with Crippen LogP contribution in [-0.4, -0.2) is 21.1 Å². The molecule has 8 heteroatoms. The molecule has 3 rings (SSSR count). The van der Waals surface area contributed by atoms with E-state index in [1.165, 1.54) is 6.07 Å². The molecule has 0 fully saturated rings. The molecule has 0 aliphatic heterocycles. The third kappa shape index (κ3) is 3.15. The number of nitriles is 1. The summed E-state index contributed by atoms with van der Waals surface area (Å²) >= 11 is 0. The maximum absolute atomic E-state index is 13.0. The molecule has 0 atom stereocenters. The summed E-state index contributed by atoms with van der Waals surface area (Å²) in [6.45, 7) is 0.230. The summed E-state index contributed by atoms with van der Waals surface area (Å²) in [5.74, 6) is 0.642. The first-order valence-electron chi connectivity index (χ1n) is 7.13. The van der Waals surface area contributed by atoms with Crippen LogP contribution in [0.25, 0.3) is 5.65 Å². The second kappa shape index (κ2) is 6.20. The first-order chi connectivity index (χ1) is 11.5. The molecule has 122 valence electrons. The van der Waals surface area contributed by atoms with Crippen molar-refractivity contribution < 1.29 is 13.2 Å². The van der Waals surface area contributed by atoms with Crippen LogP contribution in [0, 0.1) is 11.3 Å². The fraction of sp³-hybridized carbons (Fsp3) is 0.188. The predicted octanol–water partition coefficient (Wildman–Crippen LogP) is 3.27. The lowest BCUT2D eigenvalue weighted by Crippen LogP contribution is -2.14. The molecule has 0 aliphatic carbocycles. The van der Waals surface area contributed by atoms with E-state index in [0.717, 1.165) is 12.1 Å². The predicted molar refractivity (Wildman–Crippen MR) is 81.3 cm³/mol. The van der Waals surface area contributed by atoms with Gasteiger partial charge in [-0.05, 0) is 30.3 Å². The van der Waals surface area contributed by atoms with Gasteiger partial charge in [0.1, 0.15) is 5.82 Å². The summed E-state index contributed by atoms with van der Waals surface area (Å²) in [6.07, 6.45) is -2.31. The van der Waals surface area contributed by atoms with E-state index < -0.39 is 11.7 Å². The average molecular weight is 331 g/mol. The van der Waals surface area contributed by atoms with Crippen LogP contribution in [0.3, 0.4) is 0 Å². The number of nitrogens with one attached hydrogen (secondary N) is 1. The summed E-state index contributed by atoms with van der Waals surface area (Å²) in [4.78, 5) is 0. The minimum Gasteiger partial charge on any atom is -0.384 e. The van der Waals surface area contributed by atoms with Gasteiger partial charge in [-0.1, -0.05) is 6.07 Å². The zero-order chi connectivity index (χ0) is 17.2. The highest BCUT2D eigenvalue weighted by Crippen LogP contribution is 2.35. The van der Waals surface area contributed by atoms with Crippen LogP contribution in [0.1, 0.15) is 17.0 Å². The van der Waals surface area contributed by atoms with Gasteiger partial charge in [-0.15, -0.1) is 10.2 Å². The second-order valence-corrected chi connectivity index (χ2v) is 5.09. The molecule has 24 heavy (non-hydrogen) atoms. The number of hydrogen-bond acceptors (Lipinski definition) is 4. The number of fused-ring (bicyclic) bond motifs is 1. The Hall–Kier alpha value is -3.08. The van der Waals surface area contributed by atoms with E-state index in [1.54, 1.807) is 16.7 Å². The van der Waals surface area contributed by atoms with Gasteiger partial charge < -0.3 is 5.32 Å². The smallest absolute Gasteiger partial charge is 0.384 e. The van der Waals surface area contributed by atoms with E-state index in [-0.39, 0.29) is 17.8 Å². The van der Waals surface area contributed by atoms with E-state index in [9.17, 15) is 13.2 Å². The summed E-state index contributed by atoms with van der Waals surface area (Å²) in [5, 5.41) is 19.6. The van der Waals surface area contributed by atoms with Gasteiger partial charge in [-0.2, -0.15) is 18.4 Å². The Bertz CT molecular complexity index is 908. The van der Waals surface area contributed by atoms with Gasteiger partial charge in [0, 0.05) is 24.8 Å². The second-order valence-electron chi connectivity index (χ2n) is 5.09. The van der Waals surface area contributed by atoms with Crippen molar-refractivity contribution in [3.05, 3.63) is 59.5 Å². The molecule has 1 N–H and O–H groups in total. The molecule has 5 nitrogen and oxygen atoms in total. The van der Waals surface area contributed by atoms with Gasteiger partial charge in [0.05, 0.1) is 17.2 Å². The van der Waals surface area contributed by atoms with Crippen molar-refractivity contribution in [1.29, 1.82) is 5.26 Å². The van der Waals surface area contributed by atoms with Gasteiger partial charge in [0.2, 0.25) is 0 Å². The summed E-state index contributed by atoms with van der Waals surface area (Å²) in [7, 11) is 0. The minimum absolute atomic E-state index is 0.115. The number of pyridine rings is 1. The van der Waals surface area contributed by atoms with Crippen LogP contribution in [-0.2, 0) is 12.6 Å². The fourth-order valence-corrected chi connectivity index (χ4v) is 2.38. The number of halogens is 3. The summed E-state index contributed by atoms with van der Waals surface area (Å²) < 4.78 is 40.9. The third-order valence-electron chi connectivity index (χ3n) is 3.50. The maximum atomic E-state index is 13.0. The Morgan fingerprint density at radius 1 is 1.17 bits per heavy atom. The number of hydrogen-bond donors (Lipinski definition) is 1. The lowest BCUT2D eigenvalue weighted by molar-refractivity contribution is -0.136. The average Bonchev–Trinajstić information content (AvgIpc) is 2.97. The van der Waals surface area contributed by atoms with Crippen LogP contribution in [0.5, 0.6) is 0 Å². The van der Waals surface area contributed by atoms with Gasteiger partial charge in [0.15, 0.2) is 5.65 Å². The number of rotatable bonds is 4. The molecular weight excluding hydrogens is 319 g/mol. The van der Waals surface area contributed by atoms with E-state index in [4.69, 9.17) is 5.26 Å². The molecule has 2 aromatic heterocycles. The lowest BCUT2D eigenvalue weighted by Gasteiger charge is -2.14. The largest absolute Gasteiger partial charge is 0.418 e. The highest BCUT2D eigenvalue weighted by Gasteiger charge is 2.33. The van der Waals surface area contributed by atoms with Crippen LogP contribution < -0.4 is 5.32 Å². The third-order valence-corrected chi connectivity index (χ3v) is 3.50. The Morgan fingerprint density at radius 2 is 2.00 bits per heavy atom. The molecule has 0 amide bonds. The molecule has 0 saturated heterocycles. The molecule has 0 bridgehead atoms. The van der Waals surface area contributed by atoms with Crippen molar-refractivity contribution in [2.45, 2.75) is 12.6 Å². The SMILES string of the molecule is N#Cc1ccc(C(F)(F)F)c(NCCc2nnc3ccccn23)c1. The van der Waals surface area contributed by atoms with Crippen LogP contribution in [0.4, 0.5) is 18.9 Å². The monoisotopic (exact) mass is 331 g/mol. The van der Waals surface area contributed by atoms with Gasteiger partial charge >= 0.3 is 6.18 Å². The fourth-order valence-electron chi connectivity index (χ4n) is 2.38. The van der Waals surface area contributed by atoms with Gasteiger partial charge in [-0.3, -0.25) is 4.40 Å². The van der Waals surface area contributed by atoms with E-state index in [2.05, 4.69) is 15.5 Å². The van der Waals surface area contributed by atoms with Crippen molar-refractivity contribution in [3.8, 4) is 6.07 Å². The molecular formula is C16H12F3N5. The molecule has 0 spiro atoms. The normalized spacial score (nSPS) is 11.4. The van der Waals surface area contributed by atoms with E-state index in [1.807, 2.05) is 18.2 Å². The Kier molecular flexibility index (Phi) is 4.08. The zero-order valence-electron chi connectivity index (χ0n) is 12.4. The molecule has 3 aromatic rings. The Labute approximate surface area is 135 Å². The number of benzene rings is 1. The number of alkyl halides is 3.